The number of rotatable bonds is 4. The molecule has 0 bridgehead atoms. The van der Waals surface area contributed by atoms with Crippen LogP contribution in [0.3, 0.4) is 0 Å². The van der Waals surface area contributed by atoms with E-state index >= 15 is 0 Å². The lowest BCUT2D eigenvalue weighted by Crippen LogP contribution is -2.49. The number of methoxy groups -OCH3 is 1. The van der Waals surface area contributed by atoms with Gasteiger partial charge in [0.2, 0.25) is 0 Å². The molecule has 1 saturated heterocycles. The van der Waals surface area contributed by atoms with Crippen molar-refractivity contribution in [3.05, 3.63) is 65.3 Å². The Kier molecular flexibility index (Phi) is 5.45. The highest BCUT2D eigenvalue weighted by atomic mass is 35.5. The molecule has 1 aromatic heterocycles. The SMILES string of the molecule is COc1ccc(-c2cc(C(=O)N3CCN(c4ccc(Cl)cc4)CC3)n(C)n2)cc1. The molecule has 7 heteroatoms. The number of ether oxygens (including phenoxy) is 1. The number of carbonyl (C=O) groups is 1. The summed E-state index contributed by atoms with van der Waals surface area (Å²) < 4.78 is 6.86. The smallest absolute Gasteiger partial charge is 0.272 e. The van der Waals surface area contributed by atoms with Gasteiger partial charge < -0.3 is 14.5 Å². The van der Waals surface area contributed by atoms with Gasteiger partial charge in [-0.1, -0.05) is 11.6 Å². The molecule has 0 atom stereocenters. The molecule has 1 amide bonds. The van der Waals surface area contributed by atoms with Gasteiger partial charge in [0.25, 0.3) is 5.91 Å². The summed E-state index contributed by atoms with van der Waals surface area (Å²) in [4.78, 5) is 17.2. The van der Waals surface area contributed by atoms with Gasteiger partial charge >= 0.3 is 0 Å². The predicted molar refractivity (Wildman–Crippen MR) is 115 cm³/mol. The van der Waals surface area contributed by atoms with Crippen molar-refractivity contribution in [2.75, 3.05) is 38.2 Å². The van der Waals surface area contributed by atoms with E-state index in [0.717, 1.165) is 40.8 Å². The van der Waals surface area contributed by atoms with Crippen LogP contribution in [0.25, 0.3) is 11.3 Å². The van der Waals surface area contributed by atoms with E-state index in [2.05, 4.69) is 10.00 Å². The lowest BCUT2D eigenvalue weighted by Gasteiger charge is -2.36. The molecule has 0 aliphatic carbocycles. The number of aromatic nitrogens is 2. The van der Waals surface area contributed by atoms with Gasteiger partial charge in [0.1, 0.15) is 11.4 Å². The maximum atomic E-state index is 13.1. The quantitative estimate of drug-likeness (QED) is 0.658. The number of aryl methyl sites for hydroxylation is 1. The fourth-order valence-corrected chi connectivity index (χ4v) is 3.68. The van der Waals surface area contributed by atoms with E-state index in [1.807, 2.05) is 66.5 Å². The van der Waals surface area contributed by atoms with Crippen molar-refractivity contribution >= 4 is 23.2 Å². The van der Waals surface area contributed by atoms with Crippen molar-refractivity contribution in [3.8, 4) is 17.0 Å². The lowest BCUT2D eigenvalue weighted by molar-refractivity contribution is 0.0735. The largest absolute Gasteiger partial charge is 0.497 e. The van der Waals surface area contributed by atoms with E-state index in [9.17, 15) is 4.79 Å². The Morgan fingerprint density at radius 3 is 2.28 bits per heavy atom. The number of halogens is 1. The average Bonchev–Trinajstić information content (AvgIpc) is 3.15. The topological polar surface area (TPSA) is 50.6 Å². The Bertz CT molecular complexity index is 991. The minimum atomic E-state index is 0.00974. The molecule has 1 fully saturated rings. The Morgan fingerprint density at radius 1 is 1.00 bits per heavy atom. The van der Waals surface area contributed by atoms with Crippen LogP contribution in [0, 0.1) is 0 Å². The number of hydrogen-bond acceptors (Lipinski definition) is 4. The minimum absolute atomic E-state index is 0.00974. The molecule has 0 unspecified atom stereocenters. The molecule has 0 spiro atoms. The number of benzene rings is 2. The van der Waals surface area contributed by atoms with Gasteiger partial charge in [-0.15, -0.1) is 0 Å². The van der Waals surface area contributed by atoms with E-state index in [1.165, 1.54) is 0 Å². The molecular weight excluding hydrogens is 388 g/mol. The maximum Gasteiger partial charge on any atom is 0.272 e. The molecule has 29 heavy (non-hydrogen) atoms. The van der Waals surface area contributed by atoms with Crippen molar-refractivity contribution in [3.63, 3.8) is 0 Å². The highest BCUT2D eigenvalue weighted by molar-refractivity contribution is 6.30. The number of amides is 1. The Hall–Kier alpha value is -2.99. The van der Waals surface area contributed by atoms with Crippen LogP contribution in [0.4, 0.5) is 5.69 Å². The van der Waals surface area contributed by atoms with Crippen LogP contribution in [-0.2, 0) is 7.05 Å². The zero-order valence-electron chi connectivity index (χ0n) is 16.5. The van der Waals surface area contributed by atoms with E-state index < -0.39 is 0 Å². The minimum Gasteiger partial charge on any atom is -0.497 e. The third-order valence-corrected chi connectivity index (χ3v) is 5.50. The summed E-state index contributed by atoms with van der Waals surface area (Å²) >= 11 is 5.97. The second-order valence-corrected chi connectivity index (χ2v) is 7.46. The highest BCUT2D eigenvalue weighted by Gasteiger charge is 2.25. The molecule has 6 nitrogen and oxygen atoms in total. The first-order valence-corrected chi connectivity index (χ1v) is 9.91. The summed E-state index contributed by atoms with van der Waals surface area (Å²) in [7, 11) is 3.45. The number of carbonyl (C=O) groups excluding carboxylic acids is 1. The summed E-state index contributed by atoms with van der Waals surface area (Å²) in [5, 5.41) is 5.26. The van der Waals surface area contributed by atoms with Gasteiger partial charge in [0.15, 0.2) is 0 Å². The Balaban J connectivity index is 1.44. The maximum absolute atomic E-state index is 13.1. The van der Waals surface area contributed by atoms with Crippen molar-refractivity contribution in [2.24, 2.45) is 7.05 Å². The molecule has 1 aliphatic rings. The second-order valence-electron chi connectivity index (χ2n) is 7.02. The molecule has 4 rings (SSSR count). The van der Waals surface area contributed by atoms with Crippen LogP contribution < -0.4 is 9.64 Å². The van der Waals surface area contributed by atoms with Crippen LogP contribution in [0.15, 0.2) is 54.6 Å². The van der Waals surface area contributed by atoms with Gasteiger partial charge in [-0.3, -0.25) is 9.48 Å². The van der Waals surface area contributed by atoms with Crippen molar-refractivity contribution < 1.29 is 9.53 Å². The molecule has 2 aromatic carbocycles. The zero-order valence-corrected chi connectivity index (χ0v) is 17.3. The predicted octanol–water partition coefficient (Wildman–Crippen LogP) is 3.71. The van der Waals surface area contributed by atoms with E-state index in [0.29, 0.717) is 18.8 Å². The van der Waals surface area contributed by atoms with Crippen LogP contribution >= 0.6 is 11.6 Å². The normalized spacial score (nSPS) is 14.2. The van der Waals surface area contributed by atoms with Crippen molar-refractivity contribution in [1.29, 1.82) is 0 Å². The van der Waals surface area contributed by atoms with Crippen LogP contribution in [0.1, 0.15) is 10.5 Å². The summed E-state index contributed by atoms with van der Waals surface area (Å²) in [5.41, 5.74) is 3.45. The Morgan fingerprint density at radius 2 is 1.66 bits per heavy atom. The number of hydrogen-bond donors (Lipinski definition) is 0. The summed E-state index contributed by atoms with van der Waals surface area (Å²) in [6.45, 7) is 2.92. The number of nitrogens with zero attached hydrogens (tertiary/aromatic N) is 4. The summed E-state index contributed by atoms with van der Waals surface area (Å²) in [6.07, 6.45) is 0. The molecule has 150 valence electrons. The molecule has 0 saturated carbocycles. The van der Waals surface area contributed by atoms with Gasteiger partial charge in [-0.05, 0) is 54.6 Å². The molecule has 3 aromatic rings. The molecule has 2 heterocycles. The first-order valence-electron chi connectivity index (χ1n) is 9.53. The first kappa shape index (κ1) is 19.3. The number of anilines is 1. The second kappa shape index (κ2) is 8.17. The molecule has 0 radical (unpaired) electrons. The summed E-state index contributed by atoms with van der Waals surface area (Å²) in [5.74, 6) is 0.801. The van der Waals surface area contributed by atoms with Gasteiger partial charge in [0, 0.05) is 49.5 Å². The fraction of sp³-hybridized carbons (Fsp3) is 0.273. The van der Waals surface area contributed by atoms with E-state index in [4.69, 9.17) is 16.3 Å². The first-order chi connectivity index (χ1) is 14.0. The summed E-state index contributed by atoms with van der Waals surface area (Å²) in [6, 6.07) is 17.3. The van der Waals surface area contributed by atoms with Gasteiger partial charge in [0.05, 0.1) is 12.8 Å². The van der Waals surface area contributed by atoms with Crippen LogP contribution in [-0.4, -0.2) is 53.9 Å². The third kappa shape index (κ3) is 4.07. The molecule has 1 aliphatic heterocycles. The zero-order chi connectivity index (χ0) is 20.4. The molecule has 0 N–H and O–H groups in total. The average molecular weight is 411 g/mol. The van der Waals surface area contributed by atoms with Crippen molar-refractivity contribution in [1.82, 2.24) is 14.7 Å². The van der Waals surface area contributed by atoms with Crippen molar-refractivity contribution in [2.45, 2.75) is 0 Å². The highest BCUT2D eigenvalue weighted by Crippen LogP contribution is 2.24. The third-order valence-electron chi connectivity index (χ3n) is 5.24. The fourth-order valence-electron chi connectivity index (χ4n) is 3.55. The molecular formula is C22H23ClN4O2. The standard InChI is InChI=1S/C22H23ClN4O2/c1-25-21(15-20(24-25)16-3-9-19(29-2)10-4-16)22(28)27-13-11-26(12-14-27)18-7-5-17(23)6-8-18/h3-10,15H,11-14H2,1-2H3. The van der Waals surface area contributed by atoms with Crippen LogP contribution in [0.2, 0.25) is 5.02 Å². The lowest BCUT2D eigenvalue weighted by atomic mass is 10.1. The van der Waals surface area contributed by atoms with Gasteiger partial charge in [-0.2, -0.15) is 5.10 Å². The number of piperazine rings is 1. The Labute approximate surface area is 175 Å². The monoisotopic (exact) mass is 410 g/mol. The van der Waals surface area contributed by atoms with Crippen LogP contribution in [0.5, 0.6) is 5.75 Å². The van der Waals surface area contributed by atoms with E-state index in [1.54, 1.807) is 11.8 Å². The van der Waals surface area contributed by atoms with Gasteiger partial charge in [-0.25, -0.2) is 0 Å². The van der Waals surface area contributed by atoms with E-state index in [-0.39, 0.29) is 5.91 Å².